The van der Waals surface area contributed by atoms with E-state index in [9.17, 15) is 9.90 Å². The molecule has 1 aromatic heterocycles. The SMILES string of the molecule is CCC(C)(O)c1cc(N(C)C(=O)N2CCN(c3cc(C)cc(C)c3)CC2)c(OC)nc1C. The van der Waals surface area contributed by atoms with Gasteiger partial charge in [-0.3, -0.25) is 4.90 Å². The molecule has 1 atom stereocenters. The summed E-state index contributed by atoms with van der Waals surface area (Å²) < 4.78 is 5.47. The van der Waals surface area contributed by atoms with Crippen molar-refractivity contribution in [3.05, 3.63) is 46.6 Å². The highest BCUT2D eigenvalue weighted by Gasteiger charge is 2.30. The monoisotopic (exact) mass is 440 g/mol. The lowest BCUT2D eigenvalue weighted by atomic mass is 9.92. The third-order valence-corrected chi connectivity index (χ3v) is 6.39. The van der Waals surface area contributed by atoms with Crippen LogP contribution in [0.25, 0.3) is 0 Å². The second-order valence-electron chi connectivity index (χ2n) is 8.94. The molecule has 174 valence electrons. The number of methoxy groups -OCH3 is 1. The average molecular weight is 441 g/mol. The smallest absolute Gasteiger partial charge is 0.324 e. The Balaban J connectivity index is 1.78. The number of aliphatic hydroxyl groups is 1. The molecule has 32 heavy (non-hydrogen) atoms. The molecule has 1 N–H and O–H groups in total. The largest absolute Gasteiger partial charge is 0.480 e. The van der Waals surface area contributed by atoms with E-state index in [1.807, 2.05) is 24.8 Å². The van der Waals surface area contributed by atoms with Gasteiger partial charge in [0.1, 0.15) is 5.69 Å². The molecular weight excluding hydrogens is 404 g/mol. The molecule has 3 rings (SSSR count). The zero-order chi connectivity index (χ0) is 23.6. The summed E-state index contributed by atoms with van der Waals surface area (Å²) in [5, 5.41) is 10.8. The number of ether oxygens (including phenoxy) is 1. The van der Waals surface area contributed by atoms with Gasteiger partial charge in [0.05, 0.1) is 12.7 Å². The second-order valence-corrected chi connectivity index (χ2v) is 8.94. The summed E-state index contributed by atoms with van der Waals surface area (Å²) in [6.45, 7) is 12.6. The van der Waals surface area contributed by atoms with Gasteiger partial charge in [0.2, 0.25) is 5.88 Å². The standard InChI is InChI=1S/C25H36N4O3/c1-8-25(5,31)21-16-22(23(32-7)26-19(21)4)27(6)24(30)29-11-9-28(10-12-29)20-14-17(2)13-18(3)15-20/h13-16,31H,8-12H2,1-7H3. The molecule has 2 amide bonds. The van der Waals surface area contributed by atoms with E-state index in [4.69, 9.17) is 4.74 Å². The van der Waals surface area contributed by atoms with Crippen LogP contribution < -0.4 is 14.5 Å². The van der Waals surface area contributed by atoms with Crippen molar-refractivity contribution >= 4 is 17.4 Å². The minimum atomic E-state index is -1.03. The fourth-order valence-corrected chi connectivity index (χ4v) is 4.30. The number of hydrogen-bond acceptors (Lipinski definition) is 5. The van der Waals surface area contributed by atoms with E-state index in [2.05, 4.69) is 41.9 Å². The van der Waals surface area contributed by atoms with E-state index >= 15 is 0 Å². The summed E-state index contributed by atoms with van der Waals surface area (Å²) in [7, 11) is 3.28. The van der Waals surface area contributed by atoms with E-state index < -0.39 is 5.60 Å². The molecule has 0 radical (unpaired) electrons. The Labute approximate surface area is 191 Å². The Morgan fingerprint density at radius 2 is 1.72 bits per heavy atom. The predicted octanol–water partition coefficient (Wildman–Crippen LogP) is 4.01. The third-order valence-electron chi connectivity index (χ3n) is 6.39. The highest BCUT2D eigenvalue weighted by atomic mass is 16.5. The molecule has 0 aliphatic carbocycles. The number of rotatable bonds is 5. The Morgan fingerprint density at radius 3 is 2.25 bits per heavy atom. The number of anilines is 2. The Kier molecular flexibility index (Phi) is 6.98. The lowest BCUT2D eigenvalue weighted by Crippen LogP contribution is -2.52. The maximum absolute atomic E-state index is 13.3. The van der Waals surface area contributed by atoms with Crippen LogP contribution in [-0.2, 0) is 5.60 Å². The fourth-order valence-electron chi connectivity index (χ4n) is 4.30. The summed E-state index contributed by atoms with van der Waals surface area (Å²) in [4.78, 5) is 23.6. The van der Waals surface area contributed by atoms with Crippen LogP contribution >= 0.6 is 0 Å². The Bertz CT molecular complexity index is 961. The first-order valence-corrected chi connectivity index (χ1v) is 11.2. The highest BCUT2D eigenvalue weighted by Crippen LogP contribution is 2.35. The van der Waals surface area contributed by atoms with Crippen LogP contribution in [0.15, 0.2) is 24.3 Å². The molecule has 1 aliphatic heterocycles. The van der Waals surface area contributed by atoms with Crippen LogP contribution in [0, 0.1) is 20.8 Å². The number of aryl methyl sites for hydroxylation is 3. The van der Waals surface area contributed by atoms with E-state index in [1.54, 1.807) is 26.0 Å². The molecule has 0 saturated carbocycles. The van der Waals surface area contributed by atoms with Gasteiger partial charge in [0.15, 0.2) is 0 Å². The summed E-state index contributed by atoms with van der Waals surface area (Å²) in [5.74, 6) is 0.378. The number of amides is 2. The lowest BCUT2D eigenvalue weighted by Gasteiger charge is -2.38. The Morgan fingerprint density at radius 1 is 1.12 bits per heavy atom. The minimum Gasteiger partial charge on any atom is -0.480 e. The quantitative estimate of drug-likeness (QED) is 0.761. The number of hydrogen-bond donors (Lipinski definition) is 1. The maximum Gasteiger partial charge on any atom is 0.324 e. The van der Waals surface area contributed by atoms with Crippen molar-refractivity contribution in [3.8, 4) is 5.88 Å². The van der Waals surface area contributed by atoms with Gasteiger partial charge in [-0.25, -0.2) is 9.78 Å². The van der Waals surface area contributed by atoms with Crippen molar-refractivity contribution in [2.75, 3.05) is 50.1 Å². The minimum absolute atomic E-state index is 0.101. The lowest BCUT2D eigenvalue weighted by molar-refractivity contribution is 0.0519. The van der Waals surface area contributed by atoms with Crippen molar-refractivity contribution in [1.29, 1.82) is 0 Å². The third kappa shape index (κ3) is 4.83. The van der Waals surface area contributed by atoms with Gasteiger partial charge >= 0.3 is 6.03 Å². The first kappa shape index (κ1) is 23.9. The number of nitrogens with zero attached hydrogens (tertiary/aromatic N) is 4. The maximum atomic E-state index is 13.3. The van der Waals surface area contributed by atoms with Crippen LogP contribution in [-0.4, -0.2) is 61.4 Å². The molecule has 2 aromatic rings. The molecular formula is C25H36N4O3. The number of aromatic nitrogens is 1. The molecule has 1 aliphatic rings. The van der Waals surface area contributed by atoms with Gasteiger partial charge in [-0.05, 0) is 63.4 Å². The van der Waals surface area contributed by atoms with Crippen molar-refractivity contribution in [2.24, 2.45) is 0 Å². The molecule has 7 nitrogen and oxygen atoms in total. The average Bonchev–Trinajstić information content (AvgIpc) is 2.77. The fraction of sp³-hybridized carbons (Fsp3) is 0.520. The molecule has 2 heterocycles. The van der Waals surface area contributed by atoms with Crippen molar-refractivity contribution in [1.82, 2.24) is 9.88 Å². The normalized spacial score (nSPS) is 16.0. The second kappa shape index (κ2) is 9.36. The van der Waals surface area contributed by atoms with Crippen molar-refractivity contribution in [3.63, 3.8) is 0 Å². The van der Waals surface area contributed by atoms with Crippen LogP contribution in [0.4, 0.5) is 16.2 Å². The number of carbonyl (C=O) groups excluding carboxylic acids is 1. The summed E-state index contributed by atoms with van der Waals surface area (Å²) >= 11 is 0. The zero-order valence-electron chi connectivity index (χ0n) is 20.4. The number of pyridine rings is 1. The number of benzene rings is 1. The first-order chi connectivity index (χ1) is 15.1. The molecule has 1 saturated heterocycles. The van der Waals surface area contributed by atoms with E-state index in [0.29, 0.717) is 42.3 Å². The van der Waals surface area contributed by atoms with Gasteiger partial charge in [-0.15, -0.1) is 0 Å². The first-order valence-electron chi connectivity index (χ1n) is 11.2. The van der Waals surface area contributed by atoms with E-state index in [1.165, 1.54) is 16.8 Å². The van der Waals surface area contributed by atoms with Crippen LogP contribution in [0.5, 0.6) is 5.88 Å². The van der Waals surface area contributed by atoms with Crippen molar-refractivity contribution < 1.29 is 14.6 Å². The van der Waals surface area contributed by atoms with Crippen LogP contribution in [0.3, 0.4) is 0 Å². The van der Waals surface area contributed by atoms with E-state index in [0.717, 1.165) is 13.1 Å². The van der Waals surface area contributed by atoms with Gasteiger partial charge < -0.3 is 19.6 Å². The van der Waals surface area contributed by atoms with Gasteiger partial charge in [-0.1, -0.05) is 13.0 Å². The molecule has 1 fully saturated rings. The molecule has 0 bridgehead atoms. The molecule has 7 heteroatoms. The topological polar surface area (TPSA) is 69.1 Å². The molecule has 1 unspecified atom stereocenters. The van der Waals surface area contributed by atoms with Gasteiger partial charge in [0.25, 0.3) is 0 Å². The summed E-state index contributed by atoms with van der Waals surface area (Å²) in [6, 6.07) is 8.29. The van der Waals surface area contributed by atoms with Crippen molar-refractivity contribution in [2.45, 2.75) is 46.6 Å². The molecule has 1 aromatic carbocycles. The van der Waals surface area contributed by atoms with Gasteiger partial charge in [-0.2, -0.15) is 0 Å². The number of piperazine rings is 1. The summed E-state index contributed by atoms with van der Waals surface area (Å²) in [5.41, 5.74) is 4.63. The highest BCUT2D eigenvalue weighted by molar-refractivity contribution is 5.93. The van der Waals surface area contributed by atoms with Gasteiger partial charge in [0, 0.05) is 50.2 Å². The summed E-state index contributed by atoms with van der Waals surface area (Å²) in [6.07, 6.45) is 0.541. The molecule has 0 spiro atoms. The van der Waals surface area contributed by atoms with E-state index in [-0.39, 0.29) is 6.03 Å². The van der Waals surface area contributed by atoms with Crippen LogP contribution in [0.2, 0.25) is 0 Å². The number of urea groups is 1. The zero-order valence-corrected chi connectivity index (χ0v) is 20.4. The Hall–Kier alpha value is -2.80. The number of carbonyl (C=O) groups is 1. The van der Waals surface area contributed by atoms with Crippen LogP contribution in [0.1, 0.15) is 42.7 Å². The predicted molar refractivity (Wildman–Crippen MR) is 129 cm³/mol.